The molecule has 1 saturated heterocycles. The van der Waals surface area contributed by atoms with Gasteiger partial charge in [-0.2, -0.15) is 0 Å². The summed E-state index contributed by atoms with van der Waals surface area (Å²) in [5.41, 5.74) is 1.97. The lowest BCUT2D eigenvalue weighted by Gasteiger charge is -2.27. The Kier molecular flexibility index (Phi) is 4.78. The summed E-state index contributed by atoms with van der Waals surface area (Å²) >= 11 is 0. The van der Waals surface area contributed by atoms with Crippen molar-refractivity contribution in [3.63, 3.8) is 0 Å². The number of rotatable bonds is 4. The maximum absolute atomic E-state index is 12.5. The van der Waals surface area contributed by atoms with Crippen molar-refractivity contribution < 1.29 is 4.74 Å². The molecule has 0 unspecified atom stereocenters. The molecular weight excluding hydrogens is 382 g/mol. The fraction of sp³-hybridized carbons (Fsp3) is 0.190. The van der Waals surface area contributed by atoms with Gasteiger partial charge in [0.2, 0.25) is 0 Å². The predicted octanol–water partition coefficient (Wildman–Crippen LogP) is 2.36. The molecule has 0 spiro atoms. The Bertz CT molecular complexity index is 1220. The lowest BCUT2D eigenvalue weighted by molar-refractivity contribution is 0.122. The lowest BCUT2D eigenvalue weighted by Crippen LogP contribution is -2.36. The summed E-state index contributed by atoms with van der Waals surface area (Å²) in [5, 5.41) is 4.50. The van der Waals surface area contributed by atoms with Gasteiger partial charge in [-0.3, -0.25) is 4.79 Å². The molecule has 5 heterocycles. The fourth-order valence-corrected chi connectivity index (χ4v) is 3.46. The highest BCUT2D eigenvalue weighted by molar-refractivity contribution is 5.95. The van der Waals surface area contributed by atoms with Crippen LogP contribution in [0.15, 0.2) is 60.2 Å². The molecule has 5 rings (SSSR count). The predicted molar refractivity (Wildman–Crippen MR) is 114 cm³/mol. The molecule has 1 aliphatic rings. The number of nitrogens with one attached hydrogen (secondary N) is 2. The second-order valence-corrected chi connectivity index (χ2v) is 6.88. The zero-order chi connectivity index (χ0) is 20.3. The van der Waals surface area contributed by atoms with Gasteiger partial charge in [0.15, 0.2) is 0 Å². The monoisotopic (exact) mass is 401 g/mol. The van der Waals surface area contributed by atoms with Crippen LogP contribution >= 0.6 is 0 Å². The van der Waals surface area contributed by atoms with Crippen molar-refractivity contribution in [3.05, 3.63) is 65.7 Å². The first-order chi connectivity index (χ1) is 14.8. The minimum Gasteiger partial charge on any atom is -0.378 e. The number of hydrogen-bond donors (Lipinski definition) is 2. The van der Waals surface area contributed by atoms with E-state index in [1.807, 2.05) is 24.3 Å². The van der Waals surface area contributed by atoms with Crippen molar-refractivity contribution in [3.8, 4) is 11.3 Å². The van der Waals surface area contributed by atoms with Gasteiger partial charge in [-0.25, -0.2) is 19.9 Å². The highest BCUT2D eigenvalue weighted by atomic mass is 16.5. The van der Waals surface area contributed by atoms with Gasteiger partial charge in [0.25, 0.3) is 5.56 Å². The summed E-state index contributed by atoms with van der Waals surface area (Å²) < 4.78 is 5.39. The van der Waals surface area contributed by atoms with Crippen molar-refractivity contribution in [2.24, 2.45) is 0 Å². The van der Waals surface area contributed by atoms with Crippen LogP contribution in [0, 0.1) is 0 Å². The van der Waals surface area contributed by atoms with E-state index in [0.29, 0.717) is 30.1 Å². The zero-order valence-electron chi connectivity index (χ0n) is 16.1. The van der Waals surface area contributed by atoms with Gasteiger partial charge in [-0.1, -0.05) is 0 Å². The summed E-state index contributed by atoms with van der Waals surface area (Å²) in [6, 6.07) is 7.58. The molecule has 0 aliphatic carbocycles. The number of pyridine rings is 3. The Labute approximate surface area is 171 Å². The molecule has 9 nitrogen and oxygen atoms in total. The van der Waals surface area contributed by atoms with E-state index in [9.17, 15) is 4.79 Å². The van der Waals surface area contributed by atoms with E-state index in [0.717, 1.165) is 35.5 Å². The molecule has 0 bridgehead atoms. The quantitative estimate of drug-likeness (QED) is 0.536. The van der Waals surface area contributed by atoms with E-state index in [4.69, 9.17) is 4.74 Å². The Balaban J connectivity index is 1.52. The van der Waals surface area contributed by atoms with Crippen LogP contribution in [-0.4, -0.2) is 51.2 Å². The molecule has 4 aromatic heterocycles. The van der Waals surface area contributed by atoms with Crippen LogP contribution in [0.1, 0.15) is 0 Å². The average Bonchev–Trinajstić information content (AvgIpc) is 2.81. The normalized spacial score (nSPS) is 14.1. The molecule has 1 aliphatic heterocycles. The van der Waals surface area contributed by atoms with Crippen LogP contribution in [0.2, 0.25) is 0 Å². The van der Waals surface area contributed by atoms with E-state index in [1.165, 1.54) is 6.33 Å². The molecule has 0 aromatic carbocycles. The number of morpholine rings is 1. The van der Waals surface area contributed by atoms with Crippen molar-refractivity contribution in [2.75, 3.05) is 36.5 Å². The highest BCUT2D eigenvalue weighted by Crippen LogP contribution is 2.27. The van der Waals surface area contributed by atoms with Gasteiger partial charge in [-0.05, 0) is 29.7 Å². The van der Waals surface area contributed by atoms with Crippen LogP contribution in [0.25, 0.3) is 22.0 Å². The molecule has 2 N–H and O–H groups in total. The Morgan fingerprint density at radius 2 is 1.90 bits per heavy atom. The van der Waals surface area contributed by atoms with Crippen LogP contribution in [-0.2, 0) is 4.74 Å². The van der Waals surface area contributed by atoms with Gasteiger partial charge < -0.3 is 19.9 Å². The fourth-order valence-electron chi connectivity index (χ4n) is 3.46. The van der Waals surface area contributed by atoms with E-state index in [-0.39, 0.29) is 5.56 Å². The van der Waals surface area contributed by atoms with Crippen LogP contribution in [0.4, 0.5) is 17.3 Å². The van der Waals surface area contributed by atoms with Gasteiger partial charge >= 0.3 is 0 Å². The molecule has 4 aromatic rings. The first kappa shape index (κ1) is 18.2. The van der Waals surface area contributed by atoms with Crippen molar-refractivity contribution in [1.29, 1.82) is 0 Å². The lowest BCUT2D eigenvalue weighted by atomic mass is 10.1. The molecule has 30 heavy (non-hydrogen) atoms. The van der Waals surface area contributed by atoms with Gasteiger partial charge in [0, 0.05) is 37.2 Å². The minimum absolute atomic E-state index is 0.212. The summed E-state index contributed by atoms with van der Waals surface area (Å²) in [6.45, 7) is 3.05. The average molecular weight is 401 g/mol. The van der Waals surface area contributed by atoms with Gasteiger partial charge in [-0.15, -0.1) is 0 Å². The largest absolute Gasteiger partial charge is 0.378 e. The second-order valence-electron chi connectivity index (χ2n) is 6.88. The SMILES string of the molecule is O=c1[nH]ccc2cc(-c3cncnc3)nc(Nc3ccc(N4CCOCC4)nc3)c12. The Hall–Kier alpha value is -3.85. The maximum Gasteiger partial charge on any atom is 0.259 e. The molecule has 0 atom stereocenters. The molecule has 0 amide bonds. The third-order valence-electron chi connectivity index (χ3n) is 4.96. The Morgan fingerprint density at radius 3 is 2.67 bits per heavy atom. The smallest absolute Gasteiger partial charge is 0.259 e. The van der Waals surface area contributed by atoms with E-state index in [1.54, 1.807) is 24.8 Å². The number of aromatic nitrogens is 5. The molecule has 150 valence electrons. The highest BCUT2D eigenvalue weighted by Gasteiger charge is 2.14. The second kappa shape index (κ2) is 7.88. The van der Waals surface area contributed by atoms with Crippen molar-refractivity contribution in [1.82, 2.24) is 24.9 Å². The van der Waals surface area contributed by atoms with Crippen molar-refractivity contribution in [2.45, 2.75) is 0 Å². The van der Waals surface area contributed by atoms with E-state index >= 15 is 0 Å². The third-order valence-corrected chi connectivity index (χ3v) is 4.96. The number of anilines is 3. The topological polar surface area (TPSA) is 109 Å². The summed E-state index contributed by atoms with van der Waals surface area (Å²) in [4.78, 5) is 34.8. The van der Waals surface area contributed by atoms with Crippen molar-refractivity contribution >= 4 is 28.1 Å². The molecular formula is C21H19N7O2. The summed E-state index contributed by atoms with van der Waals surface area (Å²) in [5.74, 6) is 1.35. The Morgan fingerprint density at radius 1 is 1.07 bits per heavy atom. The summed E-state index contributed by atoms with van der Waals surface area (Å²) in [6.07, 6.45) is 8.22. The number of H-pyrrole nitrogens is 1. The zero-order valence-corrected chi connectivity index (χ0v) is 16.1. The first-order valence-corrected chi connectivity index (χ1v) is 9.61. The van der Waals surface area contributed by atoms with Crippen LogP contribution < -0.4 is 15.8 Å². The van der Waals surface area contributed by atoms with E-state index in [2.05, 4.69) is 35.1 Å². The number of aromatic amines is 1. The molecule has 9 heteroatoms. The standard InChI is InChI=1S/C21H19N7O2/c29-21-19-14(3-4-24-21)9-17(15-10-22-13-23-11-15)27-20(19)26-16-1-2-18(25-12-16)28-5-7-30-8-6-28/h1-4,9-13H,5-8H2,(H,24,29)(H,26,27). The number of fused-ring (bicyclic) bond motifs is 1. The molecule has 0 saturated carbocycles. The third kappa shape index (κ3) is 3.58. The van der Waals surface area contributed by atoms with Gasteiger partial charge in [0.05, 0.1) is 36.2 Å². The number of nitrogens with zero attached hydrogens (tertiary/aromatic N) is 5. The first-order valence-electron chi connectivity index (χ1n) is 9.61. The van der Waals surface area contributed by atoms with Crippen LogP contribution in [0.5, 0.6) is 0 Å². The summed E-state index contributed by atoms with van der Waals surface area (Å²) in [7, 11) is 0. The van der Waals surface area contributed by atoms with E-state index < -0.39 is 0 Å². The molecule has 1 fully saturated rings. The van der Waals surface area contributed by atoms with Crippen LogP contribution in [0.3, 0.4) is 0 Å². The van der Waals surface area contributed by atoms with Gasteiger partial charge in [0.1, 0.15) is 18.0 Å². The molecule has 0 radical (unpaired) electrons. The number of ether oxygens (including phenoxy) is 1. The maximum atomic E-state index is 12.5. The number of hydrogen-bond acceptors (Lipinski definition) is 8. The minimum atomic E-state index is -0.212.